The SMILES string of the molecule is CC(C)=C/C=C/C(OCCN1CCCCC1)(C(F)(F)F)C(F)(F)F. The Balaban J connectivity index is 2.93. The first kappa shape index (κ1) is 21.0. The molecule has 1 saturated heterocycles. The Kier molecular flexibility index (Phi) is 7.34. The molecule has 140 valence electrons. The molecule has 0 aromatic heterocycles. The van der Waals surface area contributed by atoms with Crippen molar-refractivity contribution in [1.29, 1.82) is 0 Å². The van der Waals surface area contributed by atoms with Crippen molar-refractivity contribution in [2.75, 3.05) is 26.2 Å². The summed E-state index contributed by atoms with van der Waals surface area (Å²) in [6.07, 6.45) is -6.40. The number of halogens is 6. The molecule has 0 radical (unpaired) electrons. The van der Waals surface area contributed by atoms with Gasteiger partial charge in [-0.3, -0.25) is 0 Å². The summed E-state index contributed by atoms with van der Waals surface area (Å²) in [6.45, 7) is 3.89. The first-order valence-electron chi connectivity index (χ1n) is 7.82. The van der Waals surface area contributed by atoms with Crippen LogP contribution in [0.2, 0.25) is 0 Å². The van der Waals surface area contributed by atoms with Gasteiger partial charge in [-0.05, 0) is 45.9 Å². The maximum Gasteiger partial charge on any atom is 0.430 e. The summed E-state index contributed by atoms with van der Waals surface area (Å²) in [6, 6.07) is 0. The predicted octanol–water partition coefficient (Wildman–Crippen LogP) is 4.87. The first-order chi connectivity index (χ1) is 11.0. The van der Waals surface area contributed by atoms with Crippen LogP contribution >= 0.6 is 0 Å². The molecule has 2 nitrogen and oxygen atoms in total. The molecule has 0 amide bonds. The van der Waals surface area contributed by atoms with Gasteiger partial charge in [0.05, 0.1) is 6.61 Å². The Hall–Kier alpha value is -1.02. The first-order valence-corrected chi connectivity index (χ1v) is 7.82. The summed E-state index contributed by atoms with van der Waals surface area (Å²) >= 11 is 0. The summed E-state index contributed by atoms with van der Waals surface area (Å²) < 4.78 is 83.8. The van der Waals surface area contributed by atoms with E-state index >= 15 is 0 Å². The molecule has 1 aliphatic heterocycles. The highest BCUT2D eigenvalue weighted by molar-refractivity contribution is 5.18. The fourth-order valence-corrected chi connectivity index (χ4v) is 2.46. The number of rotatable bonds is 6. The lowest BCUT2D eigenvalue weighted by Gasteiger charge is -2.35. The fraction of sp³-hybridized carbons (Fsp3) is 0.750. The van der Waals surface area contributed by atoms with Gasteiger partial charge in [0, 0.05) is 6.54 Å². The third-order valence-electron chi connectivity index (χ3n) is 3.79. The number of hydrogen-bond acceptors (Lipinski definition) is 2. The summed E-state index contributed by atoms with van der Waals surface area (Å²) in [5, 5.41) is 0. The Bertz CT molecular complexity index is 428. The minimum Gasteiger partial charge on any atom is -0.353 e. The molecule has 1 rings (SSSR count). The molecule has 0 aromatic carbocycles. The van der Waals surface area contributed by atoms with Gasteiger partial charge in [0.15, 0.2) is 0 Å². The molecular formula is C16H23F6NO. The van der Waals surface area contributed by atoms with E-state index in [0.29, 0.717) is 18.7 Å². The fourth-order valence-electron chi connectivity index (χ4n) is 2.46. The lowest BCUT2D eigenvalue weighted by Crippen LogP contribution is -2.58. The number of ether oxygens (including phenoxy) is 1. The smallest absolute Gasteiger partial charge is 0.353 e. The second kappa shape index (κ2) is 8.38. The van der Waals surface area contributed by atoms with Gasteiger partial charge < -0.3 is 9.64 Å². The second-order valence-corrected chi connectivity index (χ2v) is 6.09. The molecule has 0 aliphatic carbocycles. The minimum absolute atomic E-state index is 0.0460. The topological polar surface area (TPSA) is 12.5 Å². The summed E-state index contributed by atoms with van der Waals surface area (Å²) in [4.78, 5) is 1.82. The molecule has 0 spiro atoms. The van der Waals surface area contributed by atoms with Crippen molar-refractivity contribution >= 4 is 0 Å². The van der Waals surface area contributed by atoms with Crippen molar-refractivity contribution in [2.24, 2.45) is 0 Å². The average Bonchev–Trinajstić information content (AvgIpc) is 2.43. The van der Waals surface area contributed by atoms with Gasteiger partial charge in [0.1, 0.15) is 0 Å². The molecule has 0 unspecified atom stereocenters. The van der Waals surface area contributed by atoms with E-state index in [1.165, 1.54) is 6.08 Å². The molecule has 0 bridgehead atoms. The van der Waals surface area contributed by atoms with Gasteiger partial charge in [-0.1, -0.05) is 24.1 Å². The van der Waals surface area contributed by atoms with E-state index in [0.717, 1.165) is 25.3 Å². The zero-order valence-electron chi connectivity index (χ0n) is 13.8. The number of piperidine rings is 1. The van der Waals surface area contributed by atoms with Crippen molar-refractivity contribution < 1.29 is 31.1 Å². The van der Waals surface area contributed by atoms with Crippen LogP contribution in [-0.2, 0) is 4.74 Å². The molecule has 24 heavy (non-hydrogen) atoms. The summed E-state index contributed by atoms with van der Waals surface area (Å²) in [5.41, 5.74) is -3.71. The molecule has 8 heteroatoms. The molecule has 0 saturated carbocycles. The Labute approximate surface area is 138 Å². The molecule has 0 N–H and O–H groups in total. The second-order valence-electron chi connectivity index (χ2n) is 6.09. The van der Waals surface area contributed by atoms with E-state index in [1.807, 2.05) is 4.90 Å². The van der Waals surface area contributed by atoms with Crippen LogP contribution in [0.5, 0.6) is 0 Å². The van der Waals surface area contributed by atoms with Crippen LogP contribution in [0.4, 0.5) is 26.3 Å². The standard InChI is InChI=1S/C16H23F6NO/c1-13(2)7-6-8-14(15(17,18)19,16(20,21)22)24-12-11-23-9-4-3-5-10-23/h6-8H,3-5,9-12H2,1-2H3/b8-6+. The van der Waals surface area contributed by atoms with Crippen molar-refractivity contribution in [2.45, 2.75) is 51.1 Å². The summed E-state index contributed by atoms with van der Waals surface area (Å²) in [7, 11) is 0. The quantitative estimate of drug-likeness (QED) is 0.495. The zero-order chi connectivity index (χ0) is 18.4. The highest BCUT2D eigenvalue weighted by atomic mass is 19.4. The Morgan fingerprint density at radius 1 is 0.958 bits per heavy atom. The van der Waals surface area contributed by atoms with Crippen molar-refractivity contribution in [1.82, 2.24) is 4.90 Å². The van der Waals surface area contributed by atoms with Crippen molar-refractivity contribution in [3.05, 3.63) is 23.8 Å². The molecule has 0 aromatic rings. The van der Waals surface area contributed by atoms with Gasteiger partial charge in [-0.25, -0.2) is 0 Å². The molecule has 1 fully saturated rings. The highest BCUT2D eigenvalue weighted by Gasteiger charge is 2.70. The van der Waals surface area contributed by atoms with Crippen LogP contribution in [0, 0.1) is 0 Å². The van der Waals surface area contributed by atoms with E-state index in [9.17, 15) is 26.3 Å². The number of alkyl halides is 6. The van der Waals surface area contributed by atoms with Crippen molar-refractivity contribution in [3.63, 3.8) is 0 Å². The van der Waals surface area contributed by atoms with Crippen LogP contribution in [0.1, 0.15) is 33.1 Å². The zero-order valence-corrected chi connectivity index (χ0v) is 13.8. The maximum absolute atomic E-state index is 13.2. The monoisotopic (exact) mass is 359 g/mol. The largest absolute Gasteiger partial charge is 0.430 e. The molecular weight excluding hydrogens is 336 g/mol. The third-order valence-corrected chi connectivity index (χ3v) is 3.79. The molecule has 1 heterocycles. The maximum atomic E-state index is 13.2. The van der Waals surface area contributed by atoms with Gasteiger partial charge in [0.2, 0.25) is 0 Å². The van der Waals surface area contributed by atoms with E-state index in [-0.39, 0.29) is 12.6 Å². The average molecular weight is 359 g/mol. The summed E-state index contributed by atoms with van der Waals surface area (Å²) in [5.74, 6) is 0. The van der Waals surface area contributed by atoms with Crippen LogP contribution < -0.4 is 0 Å². The lowest BCUT2D eigenvalue weighted by atomic mass is 10.0. The highest BCUT2D eigenvalue weighted by Crippen LogP contribution is 2.47. The van der Waals surface area contributed by atoms with Crippen LogP contribution in [0.15, 0.2) is 23.8 Å². The van der Waals surface area contributed by atoms with Crippen LogP contribution in [0.3, 0.4) is 0 Å². The van der Waals surface area contributed by atoms with Gasteiger partial charge >= 0.3 is 12.4 Å². The minimum atomic E-state index is -5.60. The predicted molar refractivity (Wildman–Crippen MR) is 79.7 cm³/mol. The Morgan fingerprint density at radius 3 is 1.96 bits per heavy atom. The number of allylic oxidation sites excluding steroid dienone is 3. The number of likely N-dealkylation sites (tertiary alicyclic amines) is 1. The van der Waals surface area contributed by atoms with E-state index in [1.54, 1.807) is 13.8 Å². The normalized spacial score (nSPS) is 18.2. The van der Waals surface area contributed by atoms with E-state index in [2.05, 4.69) is 4.74 Å². The number of nitrogens with zero attached hydrogens (tertiary/aromatic N) is 1. The van der Waals surface area contributed by atoms with Gasteiger partial charge in [-0.15, -0.1) is 0 Å². The Morgan fingerprint density at radius 2 is 1.50 bits per heavy atom. The van der Waals surface area contributed by atoms with Crippen LogP contribution in [-0.4, -0.2) is 49.1 Å². The van der Waals surface area contributed by atoms with E-state index in [4.69, 9.17) is 0 Å². The lowest BCUT2D eigenvalue weighted by molar-refractivity contribution is -0.361. The van der Waals surface area contributed by atoms with Crippen molar-refractivity contribution in [3.8, 4) is 0 Å². The van der Waals surface area contributed by atoms with E-state index < -0.39 is 24.6 Å². The third kappa shape index (κ3) is 5.51. The van der Waals surface area contributed by atoms with Gasteiger partial charge in [-0.2, -0.15) is 26.3 Å². The van der Waals surface area contributed by atoms with Crippen LogP contribution in [0.25, 0.3) is 0 Å². The number of hydrogen-bond donors (Lipinski definition) is 0. The molecule has 1 aliphatic rings. The molecule has 0 atom stereocenters. The van der Waals surface area contributed by atoms with Gasteiger partial charge in [0.25, 0.3) is 5.60 Å².